The third-order valence-electron chi connectivity index (χ3n) is 2.67. The zero-order valence-electron chi connectivity index (χ0n) is 10.2. The smallest absolute Gasteiger partial charge is 0.340 e. The van der Waals surface area contributed by atoms with Crippen LogP contribution in [0.3, 0.4) is 0 Å². The monoisotopic (exact) mass is 320 g/mol. The van der Waals surface area contributed by atoms with Gasteiger partial charge < -0.3 is 34.2 Å². The largest absolute Gasteiger partial charge is 0.388 e. The second-order valence-electron chi connectivity index (χ2n) is 4.34. The van der Waals surface area contributed by atoms with Crippen LogP contribution in [0.15, 0.2) is 0 Å². The average molecular weight is 320 g/mol. The van der Waals surface area contributed by atoms with Crippen molar-refractivity contribution in [2.24, 2.45) is 0 Å². The van der Waals surface area contributed by atoms with Gasteiger partial charge in [0.15, 0.2) is 5.90 Å². The van der Waals surface area contributed by atoms with Crippen LogP contribution >= 0.6 is 15.2 Å². The second-order valence-corrected chi connectivity index (χ2v) is 8.34. The van der Waals surface area contributed by atoms with Gasteiger partial charge in [-0.25, -0.2) is 0 Å². The van der Waals surface area contributed by atoms with E-state index in [4.69, 9.17) is 14.5 Å². The van der Waals surface area contributed by atoms with Gasteiger partial charge in [0.05, 0.1) is 12.7 Å². The summed E-state index contributed by atoms with van der Waals surface area (Å²) in [5, 5.41) is 19.2. The van der Waals surface area contributed by atoms with Crippen LogP contribution in [0, 0.1) is 0 Å². The molecule has 0 aromatic rings. The normalized spacial score (nSPS) is 35.3. The van der Waals surface area contributed by atoms with E-state index in [1.165, 1.54) is 0 Å². The number of aliphatic hydroxyl groups is 2. The predicted molar refractivity (Wildman–Crippen MR) is 63.7 cm³/mol. The number of rotatable bonds is 6. The minimum Gasteiger partial charge on any atom is -0.388 e. The zero-order chi connectivity index (χ0) is 14.8. The highest BCUT2D eigenvalue weighted by Gasteiger charge is 2.43. The van der Waals surface area contributed by atoms with E-state index in [0.717, 1.165) is 0 Å². The number of hydrogen-bond donors (Lipinski definition) is 5. The van der Waals surface area contributed by atoms with Gasteiger partial charge in [-0.05, 0) is 6.42 Å². The van der Waals surface area contributed by atoms with E-state index >= 15 is 0 Å². The van der Waals surface area contributed by atoms with E-state index in [1.807, 2.05) is 0 Å². The van der Waals surface area contributed by atoms with Crippen LogP contribution in [0.2, 0.25) is 0 Å². The highest BCUT2D eigenvalue weighted by atomic mass is 31.2. The van der Waals surface area contributed by atoms with Crippen LogP contribution in [0.25, 0.3) is 0 Å². The van der Waals surface area contributed by atoms with Crippen LogP contribution in [-0.2, 0) is 18.4 Å². The van der Waals surface area contributed by atoms with E-state index in [0.29, 0.717) is 6.42 Å². The molecule has 3 unspecified atom stereocenters. The molecule has 0 aromatic carbocycles. The lowest BCUT2D eigenvalue weighted by Gasteiger charge is -2.18. The number of hydrogen-bond acceptors (Lipinski definition) is 6. The SMILES string of the molecule is CC[C@@H]1O[C@H](COP(=O)(O)CP(=O)(O)O)C(O)C1O. The van der Waals surface area contributed by atoms with Crippen LogP contribution in [0.1, 0.15) is 13.3 Å². The van der Waals surface area contributed by atoms with Crippen molar-refractivity contribution >= 4 is 15.2 Å². The summed E-state index contributed by atoms with van der Waals surface area (Å²) < 4.78 is 31.7. The van der Waals surface area contributed by atoms with Crippen LogP contribution in [0.5, 0.6) is 0 Å². The minimum absolute atomic E-state index is 0.438. The first kappa shape index (κ1) is 17.2. The van der Waals surface area contributed by atoms with Crippen molar-refractivity contribution in [1.29, 1.82) is 0 Å². The molecule has 9 nitrogen and oxygen atoms in total. The van der Waals surface area contributed by atoms with Crippen molar-refractivity contribution in [3.63, 3.8) is 0 Å². The van der Waals surface area contributed by atoms with Crippen LogP contribution in [-0.4, -0.2) is 61.8 Å². The summed E-state index contributed by atoms with van der Waals surface area (Å²) in [6.45, 7) is 1.19. The third kappa shape index (κ3) is 5.23. The predicted octanol–water partition coefficient (Wildman–Crippen LogP) is -0.777. The zero-order valence-corrected chi connectivity index (χ0v) is 12.0. The molecule has 0 saturated carbocycles. The Hall–Kier alpha value is 0.180. The molecule has 1 fully saturated rings. The van der Waals surface area contributed by atoms with E-state index in [-0.39, 0.29) is 0 Å². The Morgan fingerprint density at radius 1 is 1.11 bits per heavy atom. The Labute approximate surface area is 109 Å². The van der Waals surface area contributed by atoms with Crippen molar-refractivity contribution in [3.8, 4) is 0 Å². The van der Waals surface area contributed by atoms with Crippen molar-refractivity contribution < 1.29 is 43.3 Å². The molecule has 5 atom stereocenters. The van der Waals surface area contributed by atoms with Gasteiger partial charge in [0.25, 0.3) is 0 Å². The topological polar surface area (TPSA) is 154 Å². The van der Waals surface area contributed by atoms with Gasteiger partial charge in [0.2, 0.25) is 0 Å². The second kappa shape index (κ2) is 6.30. The number of aliphatic hydroxyl groups excluding tert-OH is 2. The Bertz CT molecular complexity index is 394. The van der Waals surface area contributed by atoms with E-state index < -0.39 is 52.1 Å². The molecule has 114 valence electrons. The Morgan fingerprint density at radius 3 is 2.05 bits per heavy atom. The Balaban J connectivity index is 2.53. The lowest BCUT2D eigenvalue weighted by Crippen LogP contribution is -2.34. The van der Waals surface area contributed by atoms with Crippen molar-refractivity contribution in [1.82, 2.24) is 0 Å². The molecule has 0 spiro atoms. The summed E-state index contributed by atoms with van der Waals surface area (Å²) in [5.74, 6) is -1.30. The maximum Gasteiger partial charge on any atom is 0.340 e. The summed E-state index contributed by atoms with van der Waals surface area (Å²) in [7, 11) is -9.16. The molecule has 1 aliphatic heterocycles. The third-order valence-corrected chi connectivity index (χ3v) is 6.12. The molecule has 11 heteroatoms. The van der Waals surface area contributed by atoms with Crippen LogP contribution < -0.4 is 0 Å². The molecule has 0 aliphatic carbocycles. The van der Waals surface area contributed by atoms with Gasteiger partial charge in [0, 0.05) is 0 Å². The molecule has 19 heavy (non-hydrogen) atoms. The summed E-state index contributed by atoms with van der Waals surface area (Å²) in [6, 6.07) is 0. The van der Waals surface area contributed by atoms with Crippen LogP contribution in [0.4, 0.5) is 0 Å². The fourth-order valence-electron chi connectivity index (χ4n) is 1.76. The Morgan fingerprint density at radius 2 is 1.63 bits per heavy atom. The van der Waals surface area contributed by atoms with Crippen molar-refractivity contribution in [3.05, 3.63) is 0 Å². The first-order valence-electron chi connectivity index (χ1n) is 5.58. The lowest BCUT2D eigenvalue weighted by atomic mass is 10.1. The fraction of sp³-hybridized carbons (Fsp3) is 1.00. The molecule has 1 heterocycles. The highest BCUT2D eigenvalue weighted by molar-refractivity contribution is 7.70. The molecular formula is C8H18O9P2. The van der Waals surface area contributed by atoms with Crippen molar-refractivity contribution in [2.75, 3.05) is 12.5 Å². The van der Waals surface area contributed by atoms with Gasteiger partial charge in [-0.1, -0.05) is 6.92 Å². The van der Waals surface area contributed by atoms with Gasteiger partial charge in [-0.15, -0.1) is 0 Å². The average Bonchev–Trinajstić information content (AvgIpc) is 2.50. The quantitative estimate of drug-likeness (QED) is 0.396. The highest BCUT2D eigenvalue weighted by Crippen LogP contribution is 2.55. The van der Waals surface area contributed by atoms with Gasteiger partial charge >= 0.3 is 15.2 Å². The van der Waals surface area contributed by atoms with E-state index in [2.05, 4.69) is 4.52 Å². The molecule has 5 N–H and O–H groups in total. The molecule has 0 radical (unpaired) electrons. The summed E-state index contributed by atoms with van der Waals surface area (Å²) >= 11 is 0. The molecule has 0 amide bonds. The standard InChI is InChI=1S/C8H18O9P2/c1-2-5-7(9)8(10)6(17-5)3-16-19(14,15)4-18(11,12)13/h5-10H,2-4H2,1H3,(H,14,15)(H2,11,12,13)/t5-,6+,7?,8?/m0/s1. The first-order chi connectivity index (χ1) is 8.56. The maximum absolute atomic E-state index is 11.4. The fourth-order valence-corrected chi connectivity index (χ4v) is 4.33. The van der Waals surface area contributed by atoms with E-state index in [9.17, 15) is 24.2 Å². The number of ether oxygens (including phenoxy) is 1. The van der Waals surface area contributed by atoms with Gasteiger partial charge in [-0.3, -0.25) is 9.13 Å². The summed E-state index contributed by atoms with van der Waals surface area (Å²) in [5.41, 5.74) is 0. The van der Waals surface area contributed by atoms with E-state index in [1.54, 1.807) is 6.92 Å². The molecule has 1 aliphatic rings. The molecular weight excluding hydrogens is 302 g/mol. The molecule has 0 aromatic heterocycles. The van der Waals surface area contributed by atoms with Crippen molar-refractivity contribution in [2.45, 2.75) is 37.8 Å². The molecule has 1 rings (SSSR count). The summed E-state index contributed by atoms with van der Waals surface area (Å²) in [4.78, 5) is 26.4. The maximum atomic E-state index is 11.4. The minimum atomic E-state index is -4.68. The summed E-state index contributed by atoms with van der Waals surface area (Å²) in [6.07, 6.45) is -3.59. The van der Waals surface area contributed by atoms with Gasteiger partial charge in [-0.2, -0.15) is 0 Å². The van der Waals surface area contributed by atoms with Gasteiger partial charge in [0.1, 0.15) is 18.3 Å². The molecule has 0 bridgehead atoms. The Kier molecular flexibility index (Phi) is 5.72. The molecule has 1 saturated heterocycles. The lowest BCUT2D eigenvalue weighted by molar-refractivity contribution is -0.0185. The first-order valence-corrected chi connectivity index (χ1v) is 9.14.